The molecule has 0 spiro atoms. The number of benzene rings is 1. The number of thiophene rings is 1. The Morgan fingerprint density at radius 1 is 1.31 bits per heavy atom. The van der Waals surface area contributed by atoms with E-state index in [1.807, 2.05) is 11.4 Å². The van der Waals surface area contributed by atoms with Crippen LogP contribution in [0.1, 0.15) is 19.8 Å². The summed E-state index contributed by atoms with van der Waals surface area (Å²) < 4.78 is 2.13. The average molecular weight is 408 g/mol. The minimum atomic E-state index is -0.138. The number of carbonyl (C=O) groups excluding carboxylic acids is 1. The molecule has 2 aromatic heterocycles. The molecule has 2 heterocycles. The molecular weight excluding hydrogens is 390 g/mol. The van der Waals surface area contributed by atoms with Gasteiger partial charge in [-0.1, -0.05) is 36.7 Å². The number of unbranched alkanes of at least 4 members (excludes halogenated alkanes) is 1. The van der Waals surface area contributed by atoms with Crippen LogP contribution in [-0.4, -0.2) is 27.8 Å². The Morgan fingerprint density at radius 3 is 2.81 bits per heavy atom. The number of nitrogens with zero attached hydrogens (tertiary/aromatic N) is 2. The molecule has 0 aliphatic rings. The molecule has 0 fully saturated rings. The molecule has 0 unspecified atom stereocenters. The van der Waals surface area contributed by atoms with Gasteiger partial charge in [0.2, 0.25) is 5.91 Å². The van der Waals surface area contributed by atoms with Crippen molar-refractivity contribution in [2.24, 2.45) is 0 Å². The highest BCUT2D eigenvalue weighted by molar-refractivity contribution is 7.99. The highest BCUT2D eigenvalue weighted by atomic mass is 35.5. The number of nitrogens with one attached hydrogen (secondary N) is 1. The number of amides is 1. The maximum Gasteiger partial charge on any atom is 0.276 e. The molecule has 26 heavy (non-hydrogen) atoms. The van der Waals surface area contributed by atoms with Crippen molar-refractivity contribution in [3.63, 3.8) is 0 Å². The van der Waals surface area contributed by atoms with Crippen LogP contribution in [0.25, 0.3) is 15.9 Å². The summed E-state index contributed by atoms with van der Waals surface area (Å²) in [5, 5.41) is 5.81. The molecule has 136 valence electrons. The fourth-order valence-corrected chi connectivity index (χ4v) is 4.12. The van der Waals surface area contributed by atoms with E-state index in [1.165, 1.54) is 23.1 Å². The molecular formula is C18H18ClN3O2S2. The Bertz CT molecular complexity index is 967. The molecule has 1 amide bonds. The second kappa shape index (κ2) is 8.70. The molecule has 5 nitrogen and oxygen atoms in total. The van der Waals surface area contributed by atoms with Crippen molar-refractivity contribution < 1.29 is 4.79 Å². The first-order chi connectivity index (χ1) is 12.6. The summed E-state index contributed by atoms with van der Waals surface area (Å²) in [4.78, 5) is 29.5. The molecule has 8 heteroatoms. The minimum absolute atomic E-state index is 0.0641. The lowest BCUT2D eigenvalue weighted by molar-refractivity contribution is -0.118. The van der Waals surface area contributed by atoms with Crippen molar-refractivity contribution in [2.45, 2.75) is 24.9 Å². The van der Waals surface area contributed by atoms with Gasteiger partial charge in [-0.15, -0.1) is 11.3 Å². The van der Waals surface area contributed by atoms with Crippen molar-refractivity contribution in [3.05, 3.63) is 51.1 Å². The summed E-state index contributed by atoms with van der Waals surface area (Å²) in [5.41, 5.74) is 1.19. The Balaban J connectivity index is 1.93. The fourth-order valence-electron chi connectivity index (χ4n) is 2.39. The summed E-state index contributed by atoms with van der Waals surface area (Å²) in [7, 11) is 0. The van der Waals surface area contributed by atoms with Gasteiger partial charge in [-0.2, -0.15) is 0 Å². The van der Waals surface area contributed by atoms with Gasteiger partial charge in [-0.25, -0.2) is 4.98 Å². The molecule has 0 saturated carbocycles. The van der Waals surface area contributed by atoms with E-state index in [4.69, 9.17) is 11.6 Å². The van der Waals surface area contributed by atoms with E-state index in [0.29, 0.717) is 32.6 Å². The third-order valence-corrected chi connectivity index (χ3v) is 5.80. The van der Waals surface area contributed by atoms with Crippen molar-refractivity contribution >= 4 is 50.8 Å². The van der Waals surface area contributed by atoms with Gasteiger partial charge in [0.1, 0.15) is 4.70 Å². The lowest BCUT2D eigenvalue weighted by atomic mass is 10.3. The van der Waals surface area contributed by atoms with Gasteiger partial charge in [0, 0.05) is 11.6 Å². The van der Waals surface area contributed by atoms with Crippen molar-refractivity contribution in [3.8, 4) is 5.69 Å². The van der Waals surface area contributed by atoms with Gasteiger partial charge < -0.3 is 5.32 Å². The summed E-state index contributed by atoms with van der Waals surface area (Å²) in [6, 6.07) is 8.83. The van der Waals surface area contributed by atoms with Crippen LogP contribution in [0.4, 0.5) is 0 Å². The standard InChI is InChI=1S/C18H18ClN3O2S2/c1-2-3-9-20-15(23)11-26-18-21-14-8-10-25-16(14)17(24)22(18)13-6-4-12(19)5-7-13/h4-8,10H,2-3,9,11H2,1H3,(H,20,23). The molecule has 1 aromatic carbocycles. The number of halogens is 1. The van der Waals surface area contributed by atoms with Crippen molar-refractivity contribution in [2.75, 3.05) is 12.3 Å². The summed E-state index contributed by atoms with van der Waals surface area (Å²) >= 11 is 8.58. The molecule has 3 aromatic rings. The maximum absolute atomic E-state index is 12.9. The fraction of sp³-hybridized carbons (Fsp3) is 0.278. The van der Waals surface area contributed by atoms with E-state index in [9.17, 15) is 9.59 Å². The van der Waals surface area contributed by atoms with Crippen molar-refractivity contribution in [1.29, 1.82) is 0 Å². The van der Waals surface area contributed by atoms with Crippen LogP contribution >= 0.6 is 34.7 Å². The van der Waals surface area contributed by atoms with Crippen LogP contribution in [0, 0.1) is 0 Å². The zero-order valence-corrected chi connectivity index (χ0v) is 16.6. The van der Waals surface area contributed by atoms with E-state index in [2.05, 4.69) is 17.2 Å². The van der Waals surface area contributed by atoms with Crippen LogP contribution in [0.15, 0.2) is 45.7 Å². The molecule has 0 saturated heterocycles. The highest BCUT2D eigenvalue weighted by Gasteiger charge is 2.15. The lowest BCUT2D eigenvalue weighted by Crippen LogP contribution is -2.27. The van der Waals surface area contributed by atoms with Crippen LogP contribution in [0.2, 0.25) is 5.02 Å². The van der Waals surface area contributed by atoms with E-state index in [0.717, 1.165) is 12.8 Å². The predicted molar refractivity (Wildman–Crippen MR) is 109 cm³/mol. The third kappa shape index (κ3) is 4.28. The number of hydrogen-bond donors (Lipinski definition) is 1. The van der Waals surface area contributed by atoms with Gasteiger partial charge in [0.15, 0.2) is 5.16 Å². The van der Waals surface area contributed by atoms with E-state index >= 15 is 0 Å². The maximum atomic E-state index is 12.9. The highest BCUT2D eigenvalue weighted by Crippen LogP contribution is 2.24. The molecule has 0 radical (unpaired) electrons. The number of aromatic nitrogens is 2. The Kier molecular flexibility index (Phi) is 6.34. The quantitative estimate of drug-likeness (QED) is 0.363. The average Bonchev–Trinajstić information content (AvgIpc) is 3.10. The van der Waals surface area contributed by atoms with E-state index in [1.54, 1.807) is 28.8 Å². The van der Waals surface area contributed by atoms with Gasteiger partial charge in [0.25, 0.3) is 5.56 Å². The van der Waals surface area contributed by atoms with Crippen LogP contribution < -0.4 is 10.9 Å². The Hall–Kier alpha value is -1.83. The van der Waals surface area contributed by atoms with Gasteiger partial charge >= 0.3 is 0 Å². The Labute approximate surface area is 164 Å². The monoisotopic (exact) mass is 407 g/mol. The summed E-state index contributed by atoms with van der Waals surface area (Å²) in [6.07, 6.45) is 1.98. The second-order valence-corrected chi connectivity index (χ2v) is 7.93. The first-order valence-electron chi connectivity index (χ1n) is 8.26. The van der Waals surface area contributed by atoms with Crippen molar-refractivity contribution in [1.82, 2.24) is 14.9 Å². The normalized spacial score (nSPS) is 11.0. The summed E-state index contributed by atoms with van der Waals surface area (Å²) in [6.45, 7) is 2.74. The zero-order valence-electron chi connectivity index (χ0n) is 14.2. The lowest BCUT2D eigenvalue weighted by Gasteiger charge is -2.12. The third-order valence-electron chi connectivity index (χ3n) is 3.72. The smallest absolute Gasteiger partial charge is 0.276 e. The molecule has 0 bridgehead atoms. The SMILES string of the molecule is CCCCNC(=O)CSc1nc2ccsc2c(=O)n1-c1ccc(Cl)cc1. The molecule has 0 aliphatic heterocycles. The summed E-state index contributed by atoms with van der Waals surface area (Å²) in [5.74, 6) is 0.144. The molecule has 0 atom stereocenters. The number of thioether (sulfide) groups is 1. The van der Waals surface area contributed by atoms with Gasteiger partial charge in [-0.05, 0) is 42.1 Å². The van der Waals surface area contributed by atoms with Crippen LogP contribution in [0.3, 0.4) is 0 Å². The molecule has 3 rings (SSSR count). The second-order valence-electron chi connectivity index (χ2n) is 5.64. The zero-order chi connectivity index (χ0) is 18.5. The number of rotatable bonds is 7. The first-order valence-corrected chi connectivity index (χ1v) is 10.5. The molecule has 1 N–H and O–H groups in total. The number of carbonyl (C=O) groups is 1. The van der Waals surface area contributed by atoms with Gasteiger partial charge in [0.05, 0.1) is 17.0 Å². The Morgan fingerprint density at radius 2 is 2.08 bits per heavy atom. The number of fused-ring (bicyclic) bond motifs is 1. The molecule has 0 aliphatic carbocycles. The largest absolute Gasteiger partial charge is 0.355 e. The topological polar surface area (TPSA) is 64.0 Å². The van der Waals surface area contributed by atoms with E-state index < -0.39 is 0 Å². The van der Waals surface area contributed by atoms with E-state index in [-0.39, 0.29) is 17.2 Å². The van der Waals surface area contributed by atoms with Gasteiger partial charge in [-0.3, -0.25) is 14.2 Å². The number of hydrogen-bond acceptors (Lipinski definition) is 5. The first kappa shape index (κ1) is 18.9. The van der Waals surface area contributed by atoms with Crippen LogP contribution in [-0.2, 0) is 4.79 Å². The predicted octanol–water partition coefficient (Wildman–Crippen LogP) is 4.11. The van der Waals surface area contributed by atoms with Crippen LogP contribution in [0.5, 0.6) is 0 Å². The minimum Gasteiger partial charge on any atom is -0.355 e.